The number of rotatable bonds is 5. The lowest BCUT2D eigenvalue weighted by Crippen LogP contribution is -2.05. The third-order valence-electron chi connectivity index (χ3n) is 2.58. The first-order chi connectivity index (χ1) is 9.61. The van der Waals surface area contributed by atoms with Crippen molar-refractivity contribution in [2.45, 2.75) is 20.3 Å². The molecule has 6 heteroatoms. The Bertz CT molecular complexity index is 607. The molecule has 1 N–H and O–H groups in total. The van der Waals surface area contributed by atoms with Crippen molar-refractivity contribution < 1.29 is 9.13 Å². The van der Waals surface area contributed by atoms with Gasteiger partial charge in [0, 0.05) is 18.3 Å². The minimum atomic E-state index is -0.602. The molecule has 1 aromatic heterocycles. The molecule has 0 saturated carbocycles. The lowest BCUT2D eigenvalue weighted by atomic mass is 10.3. The summed E-state index contributed by atoms with van der Waals surface area (Å²) in [7, 11) is 0. The molecule has 2 rings (SSSR count). The topological polar surface area (TPSA) is 47.0 Å². The summed E-state index contributed by atoms with van der Waals surface area (Å²) in [4.78, 5) is 8.36. The number of hydrogen-bond acceptors (Lipinski definition) is 4. The van der Waals surface area contributed by atoms with Gasteiger partial charge in [0.05, 0.1) is 5.02 Å². The van der Waals surface area contributed by atoms with Crippen LogP contribution in [-0.4, -0.2) is 16.5 Å². The molecule has 20 heavy (non-hydrogen) atoms. The zero-order chi connectivity index (χ0) is 14.5. The van der Waals surface area contributed by atoms with Crippen LogP contribution < -0.4 is 10.1 Å². The largest absolute Gasteiger partial charge is 0.435 e. The van der Waals surface area contributed by atoms with Crippen LogP contribution >= 0.6 is 11.6 Å². The smallest absolute Gasteiger partial charge is 0.227 e. The third-order valence-corrected chi connectivity index (χ3v) is 2.87. The zero-order valence-corrected chi connectivity index (χ0v) is 12.0. The lowest BCUT2D eigenvalue weighted by molar-refractivity contribution is 0.424. The number of nitrogens with one attached hydrogen (secondary N) is 1. The normalized spacial score (nSPS) is 10.4. The number of nitrogens with zero attached hydrogens (tertiary/aromatic N) is 2. The number of benzene rings is 1. The Labute approximate surface area is 122 Å². The predicted octanol–water partition coefficient (Wildman–Crippen LogP) is 4.19. The molecule has 0 radical (unpaired) electrons. The van der Waals surface area contributed by atoms with Crippen LogP contribution in [0.15, 0.2) is 24.4 Å². The molecule has 2 aromatic rings. The van der Waals surface area contributed by atoms with Gasteiger partial charge in [0.15, 0.2) is 11.6 Å². The van der Waals surface area contributed by atoms with Crippen LogP contribution in [0.1, 0.15) is 18.9 Å². The lowest BCUT2D eigenvalue weighted by Gasteiger charge is -2.10. The molecule has 1 heterocycles. The molecule has 0 spiro atoms. The summed E-state index contributed by atoms with van der Waals surface area (Å²) in [6, 6.07) is 4.58. The number of aromatic nitrogens is 2. The highest BCUT2D eigenvalue weighted by molar-refractivity contribution is 6.30. The Morgan fingerprint density at radius 1 is 1.40 bits per heavy atom. The van der Waals surface area contributed by atoms with Gasteiger partial charge in [-0.1, -0.05) is 24.6 Å². The molecule has 1 aromatic carbocycles. The van der Waals surface area contributed by atoms with E-state index < -0.39 is 5.82 Å². The van der Waals surface area contributed by atoms with Crippen LogP contribution in [-0.2, 0) is 0 Å². The summed E-state index contributed by atoms with van der Waals surface area (Å²) in [5.41, 5.74) is 0.714. The van der Waals surface area contributed by atoms with E-state index in [4.69, 9.17) is 16.3 Å². The Hall–Kier alpha value is -1.88. The van der Waals surface area contributed by atoms with Gasteiger partial charge < -0.3 is 10.1 Å². The maximum Gasteiger partial charge on any atom is 0.227 e. The van der Waals surface area contributed by atoms with Crippen LogP contribution in [0.2, 0.25) is 5.02 Å². The van der Waals surface area contributed by atoms with Gasteiger partial charge in [-0.15, -0.1) is 0 Å². The highest BCUT2D eigenvalue weighted by Crippen LogP contribution is 2.29. The standard InChI is InChI=1S/C14H15ClFN3O/c1-3-7-17-14-18-8-9(2)13(19-14)20-11-6-4-5-10(15)12(11)16/h4-6,8H,3,7H2,1-2H3,(H,17,18,19). The Morgan fingerprint density at radius 3 is 2.95 bits per heavy atom. The van der Waals surface area contributed by atoms with Gasteiger partial charge in [0.2, 0.25) is 11.8 Å². The van der Waals surface area contributed by atoms with E-state index in [1.807, 2.05) is 6.92 Å². The maximum atomic E-state index is 13.8. The van der Waals surface area contributed by atoms with Crippen LogP contribution in [0.3, 0.4) is 0 Å². The van der Waals surface area contributed by atoms with Crippen molar-refractivity contribution in [2.24, 2.45) is 0 Å². The van der Waals surface area contributed by atoms with Gasteiger partial charge in [-0.05, 0) is 25.5 Å². The maximum absolute atomic E-state index is 13.8. The third kappa shape index (κ3) is 3.36. The van der Waals surface area contributed by atoms with Crippen LogP contribution in [0, 0.1) is 12.7 Å². The molecule has 0 unspecified atom stereocenters. The Morgan fingerprint density at radius 2 is 2.20 bits per heavy atom. The first kappa shape index (κ1) is 14.5. The fraction of sp³-hybridized carbons (Fsp3) is 0.286. The van der Waals surface area contributed by atoms with E-state index in [2.05, 4.69) is 15.3 Å². The number of anilines is 1. The van der Waals surface area contributed by atoms with Gasteiger partial charge in [0.1, 0.15) is 0 Å². The molecule has 0 amide bonds. The number of hydrogen-bond donors (Lipinski definition) is 1. The summed E-state index contributed by atoms with van der Waals surface area (Å²) < 4.78 is 19.3. The van der Waals surface area contributed by atoms with Crippen molar-refractivity contribution in [1.29, 1.82) is 0 Å². The minimum absolute atomic E-state index is 0.0125. The molecule has 0 aliphatic carbocycles. The molecular weight excluding hydrogens is 281 g/mol. The summed E-state index contributed by atoms with van der Waals surface area (Å²) >= 11 is 5.72. The highest BCUT2D eigenvalue weighted by atomic mass is 35.5. The van der Waals surface area contributed by atoms with Gasteiger partial charge in [0.25, 0.3) is 0 Å². The van der Waals surface area contributed by atoms with Gasteiger partial charge in [-0.2, -0.15) is 4.98 Å². The van der Waals surface area contributed by atoms with Crippen LogP contribution in [0.4, 0.5) is 10.3 Å². The van der Waals surface area contributed by atoms with Gasteiger partial charge >= 0.3 is 0 Å². The van der Waals surface area contributed by atoms with Crippen molar-refractivity contribution in [3.8, 4) is 11.6 Å². The fourth-order valence-corrected chi connectivity index (χ4v) is 1.68. The van der Waals surface area contributed by atoms with E-state index in [9.17, 15) is 4.39 Å². The van der Waals surface area contributed by atoms with Crippen molar-refractivity contribution >= 4 is 17.5 Å². The van der Waals surface area contributed by atoms with E-state index >= 15 is 0 Å². The molecule has 0 saturated heterocycles. The summed E-state index contributed by atoms with van der Waals surface area (Å²) in [6.07, 6.45) is 2.58. The molecule has 0 fully saturated rings. The number of aryl methyl sites for hydroxylation is 1. The first-order valence-corrected chi connectivity index (χ1v) is 6.69. The molecule has 0 atom stereocenters. The van der Waals surface area contributed by atoms with Crippen LogP contribution in [0.25, 0.3) is 0 Å². The molecule has 106 valence electrons. The van der Waals surface area contributed by atoms with E-state index in [1.54, 1.807) is 19.2 Å². The number of ether oxygens (including phenoxy) is 1. The van der Waals surface area contributed by atoms with Gasteiger partial charge in [-0.3, -0.25) is 0 Å². The summed E-state index contributed by atoms with van der Waals surface area (Å²) in [6.45, 7) is 4.59. The molecule has 0 bridgehead atoms. The Balaban J connectivity index is 2.26. The van der Waals surface area contributed by atoms with Crippen molar-refractivity contribution in [1.82, 2.24) is 9.97 Å². The second-order valence-electron chi connectivity index (χ2n) is 4.26. The van der Waals surface area contributed by atoms with E-state index in [0.717, 1.165) is 13.0 Å². The average molecular weight is 296 g/mol. The van der Waals surface area contributed by atoms with E-state index in [-0.39, 0.29) is 10.8 Å². The van der Waals surface area contributed by atoms with Crippen molar-refractivity contribution in [2.75, 3.05) is 11.9 Å². The van der Waals surface area contributed by atoms with E-state index in [1.165, 1.54) is 12.1 Å². The minimum Gasteiger partial charge on any atom is -0.435 e. The summed E-state index contributed by atoms with van der Waals surface area (Å²) in [5.74, 6) is 0.200. The summed E-state index contributed by atoms with van der Waals surface area (Å²) in [5, 5.41) is 3.06. The molecule has 4 nitrogen and oxygen atoms in total. The highest BCUT2D eigenvalue weighted by Gasteiger charge is 2.11. The molecule has 0 aliphatic rings. The average Bonchev–Trinajstić information content (AvgIpc) is 2.44. The molecular formula is C14H15ClFN3O. The quantitative estimate of drug-likeness (QED) is 0.898. The van der Waals surface area contributed by atoms with Crippen molar-refractivity contribution in [3.05, 3.63) is 40.8 Å². The SMILES string of the molecule is CCCNc1ncc(C)c(Oc2cccc(Cl)c2F)n1. The second-order valence-corrected chi connectivity index (χ2v) is 4.67. The van der Waals surface area contributed by atoms with Gasteiger partial charge in [-0.25, -0.2) is 9.37 Å². The van der Waals surface area contributed by atoms with Crippen LogP contribution in [0.5, 0.6) is 11.6 Å². The van der Waals surface area contributed by atoms with Crippen molar-refractivity contribution in [3.63, 3.8) is 0 Å². The molecule has 0 aliphatic heterocycles. The van der Waals surface area contributed by atoms with E-state index in [0.29, 0.717) is 17.4 Å². The monoisotopic (exact) mass is 295 g/mol. The fourth-order valence-electron chi connectivity index (χ4n) is 1.52. The second kappa shape index (κ2) is 6.52. The first-order valence-electron chi connectivity index (χ1n) is 6.31. The number of halogens is 2. The predicted molar refractivity (Wildman–Crippen MR) is 77.0 cm³/mol. The Kier molecular flexibility index (Phi) is 4.74. The zero-order valence-electron chi connectivity index (χ0n) is 11.3.